The number of oxazole rings is 1. The van der Waals surface area contributed by atoms with E-state index < -0.39 is 0 Å². The molecule has 1 aromatic rings. The molecule has 44 valence electrons. The van der Waals surface area contributed by atoms with Crippen LogP contribution in [0.3, 0.4) is 0 Å². The molecule has 0 radical (unpaired) electrons. The Labute approximate surface area is 54.5 Å². The second-order valence-corrected chi connectivity index (χ2v) is 2.00. The van der Waals surface area contributed by atoms with Crippen molar-refractivity contribution < 1.29 is 9.52 Å². The molecule has 0 aliphatic carbocycles. The lowest BCUT2D eigenvalue weighted by atomic mass is 10.7. The number of halogens is 1. The predicted octanol–water partition coefficient (Wildman–Crippen LogP) is 0.929. The molecule has 0 saturated carbocycles. The first-order valence-corrected chi connectivity index (χ1v) is 2.83. The topological polar surface area (TPSA) is 46.3 Å². The number of hydrogen-bond acceptors (Lipinski definition) is 3. The average molecular weight is 178 g/mol. The molecule has 0 aliphatic heterocycles. The summed E-state index contributed by atoms with van der Waals surface area (Å²) >= 11 is 3.03. The number of aromatic nitrogens is 1. The van der Waals surface area contributed by atoms with Crippen molar-refractivity contribution in [1.82, 2.24) is 4.98 Å². The fourth-order valence-corrected chi connectivity index (χ4v) is 0.650. The van der Waals surface area contributed by atoms with Gasteiger partial charge in [0.05, 0.1) is 6.20 Å². The van der Waals surface area contributed by atoms with E-state index in [0.29, 0.717) is 10.6 Å². The van der Waals surface area contributed by atoms with Crippen LogP contribution < -0.4 is 0 Å². The lowest BCUT2D eigenvalue weighted by Gasteiger charge is -1.79. The van der Waals surface area contributed by atoms with Gasteiger partial charge in [0, 0.05) is 0 Å². The van der Waals surface area contributed by atoms with Crippen LogP contribution in [0.15, 0.2) is 15.3 Å². The molecule has 0 atom stereocenters. The van der Waals surface area contributed by atoms with Crippen molar-refractivity contribution in [3.63, 3.8) is 0 Å². The molecule has 1 aromatic heterocycles. The Kier molecular flexibility index (Phi) is 1.65. The van der Waals surface area contributed by atoms with Gasteiger partial charge in [-0.2, -0.15) is 0 Å². The van der Waals surface area contributed by atoms with Crippen LogP contribution in [-0.2, 0) is 6.61 Å². The van der Waals surface area contributed by atoms with E-state index in [1.807, 2.05) is 0 Å². The first-order chi connectivity index (χ1) is 3.83. The van der Waals surface area contributed by atoms with Gasteiger partial charge in [-0.15, -0.1) is 0 Å². The summed E-state index contributed by atoms with van der Waals surface area (Å²) in [5.74, 6) is 0.330. The average Bonchev–Trinajstić information content (AvgIpc) is 2.14. The maximum Gasteiger partial charge on any atom is 0.221 e. The number of hydrogen-bond donors (Lipinski definition) is 1. The molecule has 3 nitrogen and oxygen atoms in total. The first-order valence-electron chi connectivity index (χ1n) is 2.04. The number of rotatable bonds is 1. The minimum Gasteiger partial charge on any atom is -0.431 e. The zero-order valence-corrected chi connectivity index (χ0v) is 5.55. The Hall–Kier alpha value is -0.350. The van der Waals surface area contributed by atoms with Gasteiger partial charge in [-0.1, -0.05) is 0 Å². The molecule has 0 aromatic carbocycles. The summed E-state index contributed by atoms with van der Waals surface area (Å²) in [5, 5.41) is 8.37. The molecular formula is C4H4BrNO2. The lowest BCUT2D eigenvalue weighted by Crippen LogP contribution is -1.77. The maximum absolute atomic E-state index is 8.37. The third-order valence-electron chi connectivity index (χ3n) is 0.661. The normalized spacial score (nSPS) is 9.75. The SMILES string of the molecule is OCc1ncc(Br)o1. The minimum absolute atomic E-state index is 0.147. The predicted molar refractivity (Wildman–Crippen MR) is 30.1 cm³/mol. The number of nitrogens with zero attached hydrogens (tertiary/aromatic N) is 1. The summed E-state index contributed by atoms with van der Waals surface area (Å²) < 4.78 is 5.33. The second kappa shape index (κ2) is 2.28. The molecule has 1 heterocycles. The summed E-state index contributed by atoms with van der Waals surface area (Å²) in [6, 6.07) is 0. The quantitative estimate of drug-likeness (QED) is 0.695. The third kappa shape index (κ3) is 1.08. The zero-order valence-electron chi connectivity index (χ0n) is 3.97. The van der Waals surface area contributed by atoms with E-state index in [2.05, 4.69) is 20.9 Å². The highest BCUT2D eigenvalue weighted by molar-refractivity contribution is 9.10. The van der Waals surface area contributed by atoms with Gasteiger partial charge in [0.15, 0.2) is 4.67 Å². The smallest absolute Gasteiger partial charge is 0.221 e. The van der Waals surface area contributed by atoms with Crippen molar-refractivity contribution >= 4 is 15.9 Å². The molecule has 0 unspecified atom stereocenters. The zero-order chi connectivity index (χ0) is 5.98. The maximum atomic E-state index is 8.37. The van der Waals surface area contributed by atoms with Crippen LogP contribution in [0.5, 0.6) is 0 Å². The van der Waals surface area contributed by atoms with Gasteiger partial charge in [0.2, 0.25) is 5.89 Å². The fraction of sp³-hybridized carbons (Fsp3) is 0.250. The molecule has 0 amide bonds. The molecule has 0 spiro atoms. The number of aliphatic hydroxyl groups is 1. The summed E-state index contributed by atoms with van der Waals surface area (Å²) in [6.07, 6.45) is 1.49. The minimum atomic E-state index is -0.147. The van der Waals surface area contributed by atoms with Gasteiger partial charge in [-0.3, -0.25) is 0 Å². The lowest BCUT2D eigenvalue weighted by molar-refractivity contribution is 0.238. The molecule has 0 aliphatic rings. The summed E-state index contributed by atoms with van der Waals surface area (Å²) in [6.45, 7) is -0.147. The van der Waals surface area contributed by atoms with Crippen LogP contribution in [0.2, 0.25) is 0 Å². The van der Waals surface area contributed by atoms with Crippen LogP contribution in [-0.4, -0.2) is 10.1 Å². The van der Waals surface area contributed by atoms with Crippen LogP contribution in [0, 0.1) is 0 Å². The van der Waals surface area contributed by atoms with Crippen molar-refractivity contribution in [2.45, 2.75) is 6.61 Å². The van der Waals surface area contributed by atoms with Gasteiger partial charge < -0.3 is 9.52 Å². The second-order valence-electron chi connectivity index (χ2n) is 1.22. The Morgan fingerprint density at radius 1 is 1.88 bits per heavy atom. The van der Waals surface area contributed by atoms with Crippen molar-refractivity contribution in [2.24, 2.45) is 0 Å². The molecule has 0 bridgehead atoms. The van der Waals surface area contributed by atoms with Crippen molar-refractivity contribution in [1.29, 1.82) is 0 Å². The van der Waals surface area contributed by atoms with Gasteiger partial charge in [-0.25, -0.2) is 4.98 Å². The highest BCUT2D eigenvalue weighted by Gasteiger charge is 1.95. The van der Waals surface area contributed by atoms with Crippen LogP contribution in [0.1, 0.15) is 5.89 Å². The van der Waals surface area contributed by atoms with E-state index in [9.17, 15) is 0 Å². The van der Waals surface area contributed by atoms with E-state index in [1.165, 1.54) is 6.20 Å². The molecule has 1 N–H and O–H groups in total. The van der Waals surface area contributed by atoms with Gasteiger partial charge in [-0.05, 0) is 15.9 Å². The monoisotopic (exact) mass is 177 g/mol. The van der Waals surface area contributed by atoms with Crippen molar-refractivity contribution in [3.8, 4) is 0 Å². The summed E-state index contributed by atoms with van der Waals surface area (Å²) in [5.41, 5.74) is 0. The Morgan fingerprint density at radius 2 is 2.62 bits per heavy atom. The highest BCUT2D eigenvalue weighted by atomic mass is 79.9. The third-order valence-corrected chi connectivity index (χ3v) is 1.03. The van der Waals surface area contributed by atoms with Gasteiger partial charge in [0.1, 0.15) is 6.61 Å². The molecule has 1 rings (SSSR count). The van der Waals surface area contributed by atoms with E-state index in [-0.39, 0.29) is 6.61 Å². The van der Waals surface area contributed by atoms with E-state index >= 15 is 0 Å². The summed E-state index contributed by atoms with van der Waals surface area (Å²) in [4.78, 5) is 3.67. The molecule has 4 heteroatoms. The molecule has 0 saturated heterocycles. The van der Waals surface area contributed by atoms with Crippen LogP contribution in [0.4, 0.5) is 0 Å². The Bertz CT molecular complexity index is 174. The number of aliphatic hydroxyl groups excluding tert-OH is 1. The largest absolute Gasteiger partial charge is 0.431 e. The van der Waals surface area contributed by atoms with Crippen molar-refractivity contribution in [2.75, 3.05) is 0 Å². The molecular weight excluding hydrogens is 174 g/mol. The standard InChI is InChI=1S/C4H4BrNO2/c5-3-1-6-4(2-7)8-3/h1,7H,2H2. The van der Waals surface area contributed by atoms with E-state index in [1.54, 1.807) is 0 Å². The Morgan fingerprint density at radius 3 is 2.88 bits per heavy atom. The molecule has 8 heavy (non-hydrogen) atoms. The van der Waals surface area contributed by atoms with Crippen LogP contribution in [0.25, 0.3) is 0 Å². The van der Waals surface area contributed by atoms with Gasteiger partial charge in [0.25, 0.3) is 0 Å². The van der Waals surface area contributed by atoms with E-state index in [4.69, 9.17) is 9.52 Å². The summed E-state index contributed by atoms with van der Waals surface area (Å²) in [7, 11) is 0. The Balaban J connectivity index is 2.84. The first kappa shape index (κ1) is 5.78. The van der Waals surface area contributed by atoms with Gasteiger partial charge >= 0.3 is 0 Å². The molecule has 0 fully saturated rings. The highest BCUT2D eigenvalue weighted by Crippen LogP contribution is 2.09. The van der Waals surface area contributed by atoms with Crippen LogP contribution >= 0.6 is 15.9 Å². The fourth-order valence-electron chi connectivity index (χ4n) is 0.361. The van der Waals surface area contributed by atoms with E-state index in [0.717, 1.165) is 0 Å². The van der Waals surface area contributed by atoms with Crippen molar-refractivity contribution in [3.05, 3.63) is 16.8 Å².